The molecule has 0 saturated carbocycles. The van der Waals surface area contributed by atoms with E-state index in [2.05, 4.69) is 26.0 Å². The number of aromatic nitrogens is 3. The van der Waals surface area contributed by atoms with Crippen LogP contribution in [0.1, 0.15) is 0 Å². The summed E-state index contributed by atoms with van der Waals surface area (Å²) >= 11 is 9.47. The molecule has 0 aliphatic rings. The number of hydrogen-bond acceptors (Lipinski definition) is 3. The van der Waals surface area contributed by atoms with Gasteiger partial charge in [-0.2, -0.15) is 5.10 Å². The van der Waals surface area contributed by atoms with Crippen molar-refractivity contribution in [1.29, 1.82) is 0 Å². The van der Waals surface area contributed by atoms with Crippen molar-refractivity contribution in [3.8, 4) is 11.3 Å². The van der Waals surface area contributed by atoms with Crippen molar-refractivity contribution < 1.29 is 4.42 Å². The maximum absolute atomic E-state index is 6.10. The van der Waals surface area contributed by atoms with Gasteiger partial charge in [-0.1, -0.05) is 11.6 Å². The second kappa shape index (κ2) is 3.61. The van der Waals surface area contributed by atoms with E-state index in [4.69, 9.17) is 16.0 Å². The fourth-order valence-electron chi connectivity index (χ4n) is 1.46. The van der Waals surface area contributed by atoms with E-state index in [-0.39, 0.29) is 0 Å². The van der Waals surface area contributed by atoms with Gasteiger partial charge in [0.15, 0.2) is 5.65 Å². The minimum absolute atomic E-state index is 0.506. The summed E-state index contributed by atoms with van der Waals surface area (Å²) in [5.41, 5.74) is 2.33. The lowest BCUT2D eigenvalue weighted by molar-refractivity contribution is 0.568. The van der Waals surface area contributed by atoms with Gasteiger partial charge >= 0.3 is 0 Å². The molecule has 80 valence electrons. The lowest BCUT2D eigenvalue weighted by Gasteiger charge is -2.00. The zero-order valence-electron chi connectivity index (χ0n) is 7.89. The van der Waals surface area contributed by atoms with Crippen molar-refractivity contribution in [2.24, 2.45) is 0 Å². The van der Waals surface area contributed by atoms with Crippen LogP contribution in [0.25, 0.3) is 16.9 Å². The van der Waals surface area contributed by atoms with Gasteiger partial charge in [-0.05, 0) is 22.0 Å². The third-order valence-electron chi connectivity index (χ3n) is 2.20. The molecule has 3 aromatic heterocycles. The van der Waals surface area contributed by atoms with Crippen LogP contribution in [0, 0.1) is 0 Å². The smallest absolute Gasteiger partial charge is 0.171 e. The number of hydrogen-bond donors (Lipinski definition) is 0. The van der Waals surface area contributed by atoms with Crippen LogP contribution < -0.4 is 0 Å². The lowest BCUT2D eigenvalue weighted by Crippen LogP contribution is -1.93. The van der Waals surface area contributed by atoms with Crippen molar-refractivity contribution in [1.82, 2.24) is 14.6 Å². The van der Waals surface area contributed by atoms with E-state index < -0.39 is 0 Å². The van der Waals surface area contributed by atoms with E-state index in [0.29, 0.717) is 10.8 Å². The Bertz CT molecular complexity index is 647. The van der Waals surface area contributed by atoms with Crippen LogP contribution in [0.5, 0.6) is 0 Å². The molecule has 0 fully saturated rings. The van der Waals surface area contributed by atoms with E-state index in [1.54, 1.807) is 29.3 Å². The van der Waals surface area contributed by atoms with E-state index in [0.717, 1.165) is 15.7 Å². The molecule has 3 heterocycles. The van der Waals surface area contributed by atoms with Crippen LogP contribution in [0.3, 0.4) is 0 Å². The van der Waals surface area contributed by atoms with Crippen molar-refractivity contribution in [3.63, 3.8) is 0 Å². The first kappa shape index (κ1) is 9.86. The van der Waals surface area contributed by atoms with Gasteiger partial charge in [0, 0.05) is 11.6 Å². The Kier molecular flexibility index (Phi) is 2.22. The summed E-state index contributed by atoms with van der Waals surface area (Å²) in [5.74, 6) is 0. The highest BCUT2D eigenvalue weighted by Gasteiger charge is 2.10. The van der Waals surface area contributed by atoms with Crippen LogP contribution >= 0.6 is 27.5 Å². The van der Waals surface area contributed by atoms with Crippen molar-refractivity contribution in [3.05, 3.63) is 40.5 Å². The highest BCUT2D eigenvalue weighted by atomic mass is 79.9. The standard InChI is InChI=1S/C10H5BrClN3O/c11-7-4-13-15-9(12)3-8(14-10(7)15)6-1-2-16-5-6/h1-5H. The molecule has 0 atom stereocenters. The van der Waals surface area contributed by atoms with E-state index in [1.807, 2.05) is 6.07 Å². The molecule has 0 unspecified atom stereocenters. The van der Waals surface area contributed by atoms with E-state index >= 15 is 0 Å². The van der Waals surface area contributed by atoms with Crippen LogP contribution in [0.15, 0.2) is 39.7 Å². The molecule has 0 aliphatic heterocycles. The maximum atomic E-state index is 6.10. The van der Waals surface area contributed by atoms with Gasteiger partial charge in [-0.3, -0.25) is 0 Å². The molecule has 3 rings (SSSR count). The third kappa shape index (κ3) is 1.44. The fourth-order valence-corrected chi connectivity index (χ4v) is 2.03. The number of nitrogens with zero attached hydrogens (tertiary/aromatic N) is 3. The molecule has 0 aromatic carbocycles. The summed E-state index contributed by atoms with van der Waals surface area (Å²) in [5, 5.41) is 4.60. The summed E-state index contributed by atoms with van der Waals surface area (Å²) in [7, 11) is 0. The highest BCUT2D eigenvalue weighted by molar-refractivity contribution is 9.10. The maximum Gasteiger partial charge on any atom is 0.171 e. The zero-order valence-corrected chi connectivity index (χ0v) is 10.2. The largest absolute Gasteiger partial charge is 0.472 e. The Morgan fingerprint density at radius 1 is 1.44 bits per heavy atom. The lowest BCUT2D eigenvalue weighted by atomic mass is 10.2. The molecule has 6 heteroatoms. The number of rotatable bonds is 1. The molecule has 0 aliphatic carbocycles. The minimum atomic E-state index is 0.506. The normalized spacial score (nSPS) is 11.1. The zero-order chi connectivity index (χ0) is 11.1. The Labute approximate surface area is 104 Å². The molecule has 4 nitrogen and oxygen atoms in total. The second-order valence-electron chi connectivity index (χ2n) is 3.20. The molecular formula is C10H5BrClN3O. The van der Waals surface area contributed by atoms with Crippen LogP contribution in [0.4, 0.5) is 0 Å². The van der Waals surface area contributed by atoms with Gasteiger partial charge in [-0.25, -0.2) is 9.50 Å². The summed E-state index contributed by atoms with van der Waals surface area (Å²) in [6.07, 6.45) is 4.88. The number of halogens is 2. The molecule has 0 radical (unpaired) electrons. The molecule has 0 spiro atoms. The Morgan fingerprint density at radius 3 is 3.06 bits per heavy atom. The van der Waals surface area contributed by atoms with Gasteiger partial charge < -0.3 is 4.42 Å². The molecule has 0 saturated heterocycles. The number of furan rings is 1. The second-order valence-corrected chi connectivity index (χ2v) is 4.45. The first-order valence-corrected chi connectivity index (χ1v) is 5.65. The van der Waals surface area contributed by atoms with Gasteiger partial charge in [0.05, 0.1) is 28.9 Å². The summed E-state index contributed by atoms with van der Waals surface area (Å²) in [6.45, 7) is 0. The monoisotopic (exact) mass is 297 g/mol. The Balaban J connectivity index is 2.32. The number of fused-ring (bicyclic) bond motifs is 1. The van der Waals surface area contributed by atoms with E-state index in [1.165, 1.54) is 0 Å². The molecular weight excluding hydrogens is 293 g/mol. The Hall–Kier alpha value is -1.33. The van der Waals surface area contributed by atoms with Gasteiger partial charge in [0.1, 0.15) is 5.15 Å². The predicted molar refractivity (Wildman–Crippen MR) is 63.4 cm³/mol. The molecule has 0 amide bonds. The topological polar surface area (TPSA) is 43.3 Å². The molecule has 0 N–H and O–H groups in total. The Morgan fingerprint density at radius 2 is 2.31 bits per heavy atom. The summed E-state index contributed by atoms with van der Waals surface area (Å²) in [6, 6.07) is 3.58. The van der Waals surface area contributed by atoms with Gasteiger partial charge in [0.2, 0.25) is 0 Å². The average Bonchev–Trinajstić information content (AvgIpc) is 2.88. The van der Waals surface area contributed by atoms with E-state index in [9.17, 15) is 0 Å². The van der Waals surface area contributed by atoms with Crippen LogP contribution in [-0.2, 0) is 0 Å². The SMILES string of the molecule is Clc1cc(-c2ccoc2)nc2c(Br)cnn12. The molecule has 3 aromatic rings. The van der Waals surface area contributed by atoms with Crippen molar-refractivity contribution >= 4 is 33.2 Å². The van der Waals surface area contributed by atoms with Crippen LogP contribution in [0.2, 0.25) is 5.15 Å². The predicted octanol–water partition coefficient (Wildman–Crippen LogP) is 3.41. The van der Waals surface area contributed by atoms with Gasteiger partial charge in [0.25, 0.3) is 0 Å². The average molecular weight is 299 g/mol. The third-order valence-corrected chi connectivity index (χ3v) is 3.03. The van der Waals surface area contributed by atoms with Crippen LogP contribution in [-0.4, -0.2) is 14.6 Å². The van der Waals surface area contributed by atoms with Crippen molar-refractivity contribution in [2.45, 2.75) is 0 Å². The molecule has 16 heavy (non-hydrogen) atoms. The minimum Gasteiger partial charge on any atom is -0.472 e. The summed E-state index contributed by atoms with van der Waals surface area (Å²) < 4.78 is 7.39. The van der Waals surface area contributed by atoms with Crippen molar-refractivity contribution in [2.75, 3.05) is 0 Å². The van der Waals surface area contributed by atoms with Gasteiger partial charge in [-0.15, -0.1) is 0 Å². The highest BCUT2D eigenvalue weighted by Crippen LogP contribution is 2.25. The first-order valence-electron chi connectivity index (χ1n) is 4.48. The fraction of sp³-hybridized carbons (Fsp3) is 0. The summed E-state index contributed by atoms with van der Waals surface area (Å²) in [4.78, 5) is 4.45. The first-order chi connectivity index (χ1) is 7.75. The molecule has 0 bridgehead atoms. The quantitative estimate of drug-likeness (QED) is 0.647.